The second-order valence-corrected chi connectivity index (χ2v) is 11.8. The number of carbonyl (C=O) groups is 2. The van der Waals surface area contributed by atoms with Crippen molar-refractivity contribution < 1.29 is 18.0 Å². The predicted molar refractivity (Wildman–Crippen MR) is 156 cm³/mol. The Morgan fingerprint density at radius 3 is 2.15 bits per heavy atom. The van der Waals surface area contributed by atoms with Gasteiger partial charge in [-0.2, -0.15) is 0 Å². The molecule has 0 aliphatic heterocycles. The lowest BCUT2D eigenvalue weighted by Gasteiger charge is -2.32. The zero-order chi connectivity index (χ0) is 28.6. The Balaban J connectivity index is 2.00. The van der Waals surface area contributed by atoms with E-state index >= 15 is 0 Å². The Bertz CT molecular complexity index is 1370. The minimum absolute atomic E-state index is 0.102. The third kappa shape index (κ3) is 7.69. The second-order valence-electron chi connectivity index (χ2n) is 9.90. The molecule has 7 nitrogen and oxygen atoms in total. The van der Waals surface area contributed by atoms with E-state index in [1.807, 2.05) is 70.2 Å². The number of anilines is 1. The SMILES string of the molecule is CCCNC(=O)[C@@H](C)N(CCc1ccccc1)C(=O)CN(c1ccc(C)cc1C)S(=O)(=O)c1ccc(C)cc1. The lowest BCUT2D eigenvalue weighted by molar-refractivity contribution is -0.138. The van der Waals surface area contributed by atoms with Crippen LogP contribution in [0.25, 0.3) is 0 Å². The van der Waals surface area contributed by atoms with E-state index in [0.29, 0.717) is 18.7 Å². The molecule has 0 saturated carbocycles. The van der Waals surface area contributed by atoms with Gasteiger partial charge in [-0.25, -0.2) is 8.42 Å². The van der Waals surface area contributed by atoms with Crippen LogP contribution in [0.3, 0.4) is 0 Å². The average molecular weight is 550 g/mol. The van der Waals surface area contributed by atoms with Crippen molar-refractivity contribution in [1.82, 2.24) is 10.2 Å². The first kappa shape index (κ1) is 29.9. The number of carbonyl (C=O) groups excluding carboxylic acids is 2. The smallest absolute Gasteiger partial charge is 0.264 e. The molecule has 0 fully saturated rings. The van der Waals surface area contributed by atoms with E-state index in [9.17, 15) is 18.0 Å². The Kier molecular flexibility index (Phi) is 10.3. The van der Waals surface area contributed by atoms with Gasteiger partial charge < -0.3 is 10.2 Å². The van der Waals surface area contributed by atoms with Crippen molar-refractivity contribution >= 4 is 27.5 Å². The third-order valence-corrected chi connectivity index (χ3v) is 8.48. The van der Waals surface area contributed by atoms with Gasteiger partial charge in [0.05, 0.1) is 10.6 Å². The van der Waals surface area contributed by atoms with Gasteiger partial charge in [-0.1, -0.05) is 72.6 Å². The summed E-state index contributed by atoms with van der Waals surface area (Å²) in [7, 11) is -4.08. The van der Waals surface area contributed by atoms with E-state index in [-0.39, 0.29) is 17.3 Å². The van der Waals surface area contributed by atoms with E-state index in [0.717, 1.165) is 28.7 Å². The van der Waals surface area contributed by atoms with Crippen molar-refractivity contribution in [3.63, 3.8) is 0 Å². The van der Waals surface area contributed by atoms with Crippen LogP contribution in [0.15, 0.2) is 77.7 Å². The second kappa shape index (κ2) is 13.4. The molecule has 0 aromatic heterocycles. The van der Waals surface area contributed by atoms with E-state index in [4.69, 9.17) is 0 Å². The van der Waals surface area contributed by atoms with Crippen LogP contribution >= 0.6 is 0 Å². The van der Waals surface area contributed by atoms with Gasteiger partial charge in [0.1, 0.15) is 12.6 Å². The summed E-state index contributed by atoms with van der Waals surface area (Å²) in [6.45, 7) is 9.64. The number of benzene rings is 3. The van der Waals surface area contributed by atoms with Gasteiger partial charge in [0.25, 0.3) is 10.0 Å². The fourth-order valence-corrected chi connectivity index (χ4v) is 5.88. The summed E-state index contributed by atoms with van der Waals surface area (Å²) in [5.74, 6) is -0.710. The van der Waals surface area contributed by atoms with Crippen LogP contribution in [-0.2, 0) is 26.0 Å². The molecule has 3 rings (SSSR count). The molecule has 39 heavy (non-hydrogen) atoms. The van der Waals surface area contributed by atoms with Crippen molar-refractivity contribution in [2.45, 2.75) is 58.4 Å². The first-order chi connectivity index (χ1) is 18.5. The molecule has 2 amide bonds. The topological polar surface area (TPSA) is 86.8 Å². The summed E-state index contributed by atoms with van der Waals surface area (Å²) in [5, 5.41) is 2.86. The first-order valence-electron chi connectivity index (χ1n) is 13.3. The van der Waals surface area contributed by atoms with Crippen molar-refractivity contribution in [1.29, 1.82) is 0 Å². The minimum atomic E-state index is -4.08. The van der Waals surface area contributed by atoms with Crippen LogP contribution in [0.5, 0.6) is 0 Å². The van der Waals surface area contributed by atoms with Gasteiger partial charge in [0, 0.05) is 13.1 Å². The molecule has 0 heterocycles. The maximum atomic E-state index is 13.9. The Morgan fingerprint density at radius 1 is 0.897 bits per heavy atom. The summed E-state index contributed by atoms with van der Waals surface area (Å²) in [4.78, 5) is 28.4. The number of hydrogen-bond acceptors (Lipinski definition) is 4. The molecule has 1 atom stereocenters. The maximum Gasteiger partial charge on any atom is 0.264 e. The van der Waals surface area contributed by atoms with Crippen molar-refractivity contribution in [3.8, 4) is 0 Å². The van der Waals surface area contributed by atoms with Gasteiger partial charge >= 0.3 is 0 Å². The monoisotopic (exact) mass is 549 g/mol. The Morgan fingerprint density at radius 2 is 1.54 bits per heavy atom. The molecule has 0 spiro atoms. The molecule has 0 aliphatic carbocycles. The molecule has 0 saturated heterocycles. The third-order valence-electron chi connectivity index (χ3n) is 6.71. The van der Waals surface area contributed by atoms with Gasteiger partial charge in [0.2, 0.25) is 11.8 Å². The van der Waals surface area contributed by atoms with Crippen LogP contribution in [-0.4, -0.2) is 50.8 Å². The highest BCUT2D eigenvalue weighted by Gasteiger charge is 2.32. The summed E-state index contributed by atoms with van der Waals surface area (Å²) in [5.41, 5.74) is 4.11. The molecule has 0 radical (unpaired) electrons. The Hall–Kier alpha value is -3.65. The maximum absolute atomic E-state index is 13.9. The quantitative estimate of drug-likeness (QED) is 0.352. The first-order valence-corrected chi connectivity index (χ1v) is 14.8. The zero-order valence-electron chi connectivity index (χ0n) is 23.5. The number of hydrogen-bond donors (Lipinski definition) is 1. The number of amides is 2. The van der Waals surface area contributed by atoms with Crippen molar-refractivity contribution in [3.05, 3.63) is 95.1 Å². The van der Waals surface area contributed by atoms with E-state index in [1.165, 1.54) is 9.21 Å². The predicted octanol–water partition coefficient (Wildman–Crippen LogP) is 4.79. The molecule has 8 heteroatoms. The normalized spacial score (nSPS) is 12.0. The number of rotatable bonds is 12. The van der Waals surface area contributed by atoms with Crippen LogP contribution in [0, 0.1) is 20.8 Å². The van der Waals surface area contributed by atoms with Crippen LogP contribution in [0.1, 0.15) is 42.5 Å². The summed E-state index contributed by atoms with van der Waals surface area (Å²) < 4.78 is 29.0. The van der Waals surface area contributed by atoms with E-state index in [1.54, 1.807) is 37.3 Å². The highest BCUT2D eigenvalue weighted by atomic mass is 32.2. The van der Waals surface area contributed by atoms with Gasteiger partial charge in [-0.15, -0.1) is 0 Å². The van der Waals surface area contributed by atoms with Crippen molar-refractivity contribution in [2.75, 3.05) is 23.9 Å². The molecule has 0 bridgehead atoms. The molecule has 0 aliphatic rings. The van der Waals surface area contributed by atoms with E-state index in [2.05, 4.69) is 5.32 Å². The minimum Gasteiger partial charge on any atom is -0.354 e. The lowest BCUT2D eigenvalue weighted by Crippen LogP contribution is -2.52. The molecule has 3 aromatic carbocycles. The van der Waals surface area contributed by atoms with Gasteiger partial charge in [0.15, 0.2) is 0 Å². The number of aryl methyl sites for hydroxylation is 3. The fraction of sp³-hybridized carbons (Fsp3) is 0.355. The Labute approximate surface area is 232 Å². The molecule has 1 N–H and O–H groups in total. The molecular formula is C31H39N3O4S. The van der Waals surface area contributed by atoms with Gasteiger partial charge in [-0.3, -0.25) is 13.9 Å². The molecule has 3 aromatic rings. The van der Waals surface area contributed by atoms with Crippen LogP contribution in [0.4, 0.5) is 5.69 Å². The van der Waals surface area contributed by atoms with Crippen molar-refractivity contribution in [2.24, 2.45) is 0 Å². The zero-order valence-corrected chi connectivity index (χ0v) is 24.3. The average Bonchev–Trinajstić information content (AvgIpc) is 2.91. The number of nitrogens with zero attached hydrogens (tertiary/aromatic N) is 2. The standard InChI is InChI=1S/C31H39N3O4S/c1-6-19-32-31(36)26(5)33(20-18-27-10-8-7-9-11-27)30(35)22-34(29-17-14-24(3)21-25(29)4)39(37,38)28-15-12-23(2)13-16-28/h7-17,21,26H,6,18-20,22H2,1-5H3,(H,32,36)/t26-/m1/s1. The highest BCUT2D eigenvalue weighted by molar-refractivity contribution is 7.92. The number of sulfonamides is 1. The highest BCUT2D eigenvalue weighted by Crippen LogP contribution is 2.28. The molecular weight excluding hydrogens is 510 g/mol. The molecule has 208 valence electrons. The van der Waals surface area contributed by atoms with Crippen LogP contribution in [0.2, 0.25) is 0 Å². The number of nitrogens with one attached hydrogen (secondary N) is 1. The summed E-state index contributed by atoms with van der Waals surface area (Å²) >= 11 is 0. The summed E-state index contributed by atoms with van der Waals surface area (Å²) in [6.07, 6.45) is 1.30. The molecule has 0 unspecified atom stereocenters. The van der Waals surface area contributed by atoms with Gasteiger partial charge in [-0.05, 0) is 69.9 Å². The lowest BCUT2D eigenvalue weighted by atomic mass is 10.1. The van der Waals surface area contributed by atoms with E-state index < -0.39 is 28.5 Å². The van der Waals surface area contributed by atoms with Crippen LogP contribution < -0.4 is 9.62 Å². The fourth-order valence-electron chi connectivity index (χ4n) is 4.40. The summed E-state index contributed by atoms with van der Waals surface area (Å²) in [6, 6.07) is 21.0. The largest absolute Gasteiger partial charge is 0.354 e.